The van der Waals surface area contributed by atoms with Gasteiger partial charge in [0.1, 0.15) is 28.4 Å². The summed E-state index contributed by atoms with van der Waals surface area (Å²) in [6.45, 7) is 5.38. The van der Waals surface area contributed by atoms with Crippen LogP contribution in [0.3, 0.4) is 0 Å². The summed E-state index contributed by atoms with van der Waals surface area (Å²) in [5, 5.41) is 10.8. The van der Waals surface area contributed by atoms with Gasteiger partial charge in [-0.1, -0.05) is 24.0 Å². The number of aryl methyl sites for hydroxylation is 1. The Bertz CT molecular complexity index is 1740. The van der Waals surface area contributed by atoms with Crippen LogP contribution in [0.1, 0.15) is 50.1 Å². The van der Waals surface area contributed by atoms with Gasteiger partial charge >= 0.3 is 6.18 Å². The van der Waals surface area contributed by atoms with E-state index in [0.717, 1.165) is 17.7 Å². The van der Waals surface area contributed by atoms with Gasteiger partial charge in [-0.2, -0.15) is 18.2 Å². The average molecular weight is 551 g/mol. The lowest BCUT2D eigenvalue weighted by molar-refractivity contribution is -0.172. The zero-order valence-electron chi connectivity index (χ0n) is 22.2. The Morgan fingerprint density at radius 1 is 1.10 bits per heavy atom. The molecule has 6 rings (SSSR count). The predicted octanol–water partition coefficient (Wildman–Crippen LogP) is 5.40. The second-order valence-electron chi connectivity index (χ2n) is 10.9. The molecule has 0 unspecified atom stereocenters. The van der Waals surface area contributed by atoms with Gasteiger partial charge < -0.3 is 10.2 Å². The molecule has 3 heterocycles. The highest BCUT2D eigenvalue weighted by molar-refractivity contribution is 5.95. The van der Waals surface area contributed by atoms with Gasteiger partial charge in [-0.3, -0.25) is 9.20 Å². The zero-order valence-corrected chi connectivity index (χ0v) is 22.2. The van der Waals surface area contributed by atoms with Crippen LogP contribution >= 0.6 is 0 Å². The van der Waals surface area contributed by atoms with Gasteiger partial charge in [0.15, 0.2) is 0 Å². The van der Waals surface area contributed by atoms with Crippen molar-refractivity contribution in [3.63, 3.8) is 0 Å². The van der Waals surface area contributed by atoms with E-state index < -0.39 is 28.9 Å². The SMILES string of the molecule is Cc1nnc2nc(N3CCCc4c(C#CC(C)(C)C(=O)NC5(C(F)(F)F)CC5)cccc43)c3c(F)cccc3n12. The average Bonchev–Trinajstić information content (AvgIpc) is 3.61. The number of amides is 1. The van der Waals surface area contributed by atoms with Crippen LogP contribution in [0.5, 0.6) is 0 Å². The van der Waals surface area contributed by atoms with Crippen molar-refractivity contribution in [3.05, 3.63) is 59.2 Å². The molecular weight excluding hydrogens is 524 g/mol. The number of hydrogen-bond donors (Lipinski definition) is 1. The smallest absolute Gasteiger partial charge is 0.341 e. The van der Waals surface area contributed by atoms with Gasteiger partial charge in [-0.25, -0.2) is 4.39 Å². The summed E-state index contributed by atoms with van der Waals surface area (Å²) in [7, 11) is 0. The van der Waals surface area contributed by atoms with Crippen LogP contribution in [0, 0.1) is 30.0 Å². The minimum Gasteiger partial charge on any atom is -0.341 e. The molecule has 0 saturated heterocycles. The lowest BCUT2D eigenvalue weighted by Gasteiger charge is -2.32. The summed E-state index contributed by atoms with van der Waals surface area (Å²) < 4.78 is 57.1. The van der Waals surface area contributed by atoms with E-state index >= 15 is 4.39 Å². The molecule has 0 radical (unpaired) electrons. The summed E-state index contributed by atoms with van der Waals surface area (Å²) in [5.74, 6) is 6.14. The molecule has 1 N–H and O–H groups in total. The van der Waals surface area contributed by atoms with Crippen LogP contribution in [0.15, 0.2) is 36.4 Å². The van der Waals surface area contributed by atoms with Gasteiger partial charge in [0.25, 0.3) is 5.78 Å². The third kappa shape index (κ3) is 4.13. The van der Waals surface area contributed by atoms with E-state index in [1.807, 2.05) is 23.1 Å². The molecule has 2 aromatic carbocycles. The summed E-state index contributed by atoms with van der Waals surface area (Å²) in [6.07, 6.45) is -3.33. The van der Waals surface area contributed by atoms with Gasteiger partial charge in [0, 0.05) is 17.8 Å². The highest BCUT2D eigenvalue weighted by Crippen LogP contribution is 2.49. The molecule has 1 amide bonds. The van der Waals surface area contributed by atoms with Crippen LogP contribution < -0.4 is 10.2 Å². The third-order valence-electron chi connectivity index (χ3n) is 7.70. The van der Waals surface area contributed by atoms with Gasteiger partial charge in [-0.15, -0.1) is 10.2 Å². The second kappa shape index (κ2) is 8.91. The van der Waals surface area contributed by atoms with Crippen molar-refractivity contribution in [3.8, 4) is 11.8 Å². The number of carbonyl (C=O) groups is 1. The van der Waals surface area contributed by atoms with Crippen molar-refractivity contribution in [1.82, 2.24) is 24.9 Å². The lowest BCUT2D eigenvalue weighted by atomic mass is 9.90. The number of nitrogens with zero attached hydrogens (tertiary/aromatic N) is 5. The number of halogens is 4. The first-order valence-corrected chi connectivity index (χ1v) is 13.0. The maximum absolute atomic E-state index is 15.3. The van der Waals surface area contributed by atoms with Crippen molar-refractivity contribution < 1.29 is 22.4 Å². The highest BCUT2D eigenvalue weighted by Gasteiger charge is 2.64. The molecule has 1 aliphatic heterocycles. The molecule has 1 aliphatic carbocycles. The fourth-order valence-corrected chi connectivity index (χ4v) is 5.19. The Hall–Kier alpha value is -4.20. The highest BCUT2D eigenvalue weighted by atomic mass is 19.4. The molecule has 2 aliphatic rings. The molecule has 1 fully saturated rings. The fraction of sp³-hybridized carbons (Fsp3) is 0.379. The van der Waals surface area contributed by atoms with E-state index in [1.165, 1.54) is 19.9 Å². The number of carbonyl (C=O) groups excluding carboxylic acids is 1. The summed E-state index contributed by atoms with van der Waals surface area (Å²) >= 11 is 0. The van der Waals surface area contributed by atoms with Gasteiger partial charge in [-0.05, 0) is 76.3 Å². The largest absolute Gasteiger partial charge is 0.411 e. The van der Waals surface area contributed by atoms with Gasteiger partial charge in [0.05, 0.1) is 10.9 Å². The Balaban J connectivity index is 1.39. The van der Waals surface area contributed by atoms with E-state index in [9.17, 15) is 18.0 Å². The zero-order chi connectivity index (χ0) is 28.4. The third-order valence-corrected chi connectivity index (χ3v) is 7.70. The number of alkyl halides is 3. The normalized spacial score (nSPS) is 16.4. The monoisotopic (exact) mass is 550 g/mol. The van der Waals surface area contributed by atoms with E-state index in [1.54, 1.807) is 23.5 Å². The maximum atomic E-state index is 15.3. The second-order valence-corrected chi connectivity index (χ2v) is 10.9. The van der Waals surface area contributed by atoms with E-state index in [-0.39, 0.29) is 12.8 Å². The topological polar surface area (TPSA) is 75.4 Å². The van der Waals surface area contributed by atoms with Crippen LogP contribution in [0.2, 0.25) is 0 Å². The molecule has 0 bridgehead atoms. The molecule has 4 aromatic rings. The molecule has 0 spiro atoms. The van der Waals surface area contributed by atoms with Crippen LogP contribution in [-0.4, -0.2) is 43.7 Å². The molecule has 7 nitrogen and oxygen atoms in total. The predicted molar refractivity (Wildman–Crippen MR) is 142 cm³/mol. The first kappa shape index (κ1) is 26.0. The number of rotatable bonds is 3. The lowest BCUT2D eigenvalue weighted by Crippen LogP contribution is -2.51. The van der Waals surface area contributed by atoms with E-state index in [2.05, 4.69) is 27.4 Å². The number of fused-ring (bicyclic) bond motifs is 4. The van der Waals surface area contributed by atoms with E-state index in [0.29, 0.717) is 46.9 Å². The van der Waals surface area contributed by atoms with Crippen molar-refractivity contribution in [1.29, 1.82) is 0 Å². The number of anilines is 2. The Labute approximate surface area is 227 Å². The Morgan fingerprint density at radius 2 is 1.85 bits per heavy atom. The fourth-order valence-electron chi connectivity index (χ4n) is 5.19. The number of benzene rings is 2. The molecular formula is C29H26F4N6O. The first-order valence-electron chi connectivity index (χ1n) is 13.0. The number of aromatic nitrogens is 4. The molecule has 11 heteroatoms. The van der Waals surface area contributed by atoms with Crippen molar-refractivity contribution in [2.75, 3.05) is 11.4 Å². The maximum Gasteiger partial charge on any atom is 0.411 e. The molecule has 40 heavy (non-hydrogen) atoms. The first-order chi connectivity index (χ1) is 18.9. The van der Waals surface area contributed by atoms with Crippen LogP contribution in [-0.2, 0) is 11.2 Å². The van der Waals surface area contributed by atoms with Gasteiger partial charge in [0.2, 0.25) is 5.91 Å². The summed E-state index contributed by atoms with van der Waals surface area (Å²) in [5.41, 5.74) is -0.545. The minimum atomic E-state index is -4.50. The summed E-state index contributed by atoms with van der Waals surface area (Å²) in [6, 6.07) is 10.4. The van der Waals surface area contributed by atoms with Crippen LogP contribution in [0.25, 0.3) is 16.7 Å². The minimum absolute atomic E-state index is 0.128. The van der Waals surface area contributed by atoms with E-state index in [4.69, 9.17) is 4.98 Å². The standard InChI is InChI=1S/C29H26F4N6O/c1-17-36-37-26-34-24(23-20(30)9-5-11-22(23)39(17)26)38-16-6-8-19-18(7-4-10-21(19)38)12-13-27(2,3)25(40)35-28(14-15-28)29(31,32)33/h4-5,7,9-11H,6,8,14-16H2,1-3H3,(H,35,40). The Kier molecular flexibility index (Phi) is 5.80. The van der Waals surface area contributed by atoms with Crippen molar-refractivity contribution in [2.45, 2.75) is 58.2 Å². The molecule has 0 atom stereocenters. The molecule has 2 aromatic heterocycles. The number of hydrogen-bond acceptors (Lipinski definition) is 5. The van der Waals surface area contributed by atoms with Crippen molar-refractivity contribution in [2.24, 2.45) is 5.41 Å². The quantitative estimate of drug-likeness (QED) is 0.273. The molecule has 1 saturated carbocycles. The molecule has 206 valence electrons. The Morgan fingerprint density at radius 3 is 2.58 bits per heavy atom. The number of nitrogens with one attached hydrogen (secondary N) is 1. The summed E-state index contributed by atoms with van der Waals surface area (Å²) in [4.78, 5) is 19.4. The van der Waals surface area contributed by atoms with Crippen LogP contribution in [0.4, 0.5) is 29.1 Å². The van der Waals surface area contributed by atoms with Crippen molar-refractivity contribution >= 4 is 34.1 Å².